The molecule has 0 N–H and O–H groups in total. The lowest BCUT2D eigenvalue weighted by atomic mass is 10.0. The van der Waals surface area contributed by atoms with Crippen LogP contribution in [0.5, 0.6) is 17.2 Å². The number of esters is 4. The molecule has 10 heteroatoms. The molecule has 43 heavy (non-hydrogen) atoms. The molecule has 2 aromatic rings. The Labute approximate surface area is 251 Å². The predicted molar refractivity (Wildman–Crippen MR) is 160 cm³/mol. The van der Waals surface area contributed by atoms with Gasteiger partial charge in [0.15, 0.2) is 11.5 Å². The zero-order valence-corrected chi connectivity index (χ0v) is 24.7. The Kier molecular flexibility index (Phi) is 13.6. The van der Waals surface area contributed by atoms with Gasteiger partial charge in [0.05, 0.1) is 18.8 Å². The van der Waals surface area contributed by atoms with Crippen molar-refractivity contribution >= 4 is 23.9 Å². The van der Waals surface area contributed by atoms with Gasteiger partial charge in [0.1, 0.15) is 19.0 Å². The van der Waals surface area contributed by atoms with Crippen LogP contribution in [0.15, 0.2) is 85.5 Å². The van der Waals surface area contributed by atoms with Crippen molar-refractivity contribution in [2.24, 2.45) is 0 Å². The van der Waals surface area contributed by atoms with E-state index in [9.17, 15) is 19.2 Å². The molecule has 0 bridgehead atoms. The number of ether oxygens (including phenoxy) is 6. The summed E-state index contributed by atoms with van der Waals surface area (Å²) in [4.78, 5) is 48.0. The van der Waals surface area contributed by atoms with E-state index in [1.54, 1.807) is 30.3 Å². The minimum absolute atomic E-state index is 0.0141. The first-order valence-corrected chi connectivity index (χ1v) is 13.2. The monoisotopic (exact) mass is 592 g/mol. The molecular formula is C33H36O10. The molecule has 0 fully saturated rings. The summed E-state index contributed by atoms with van der Waals surface area (Å²) in [6, 6.07) is 10.2. The van der Waals surface area contributed by atoms with Gasteiger partial charge in [0, 0.05) is 24.3 Å². The van der Waals surface area contributed by atoms with Crippen LogP contribution in [0.4, 0.5) is 0 Å². The van der Waals surface area contributed by atoms with E-state index in [1.807, 2.05) is 6.07 Å². The van der Waals surface area contributed by atoms with Crippen LogP contribution < -0.4 is 14.2 Å². The quantitative estimate of drug-likeness (QED) is 0.106. The molecule has 0 aliphatic heterocycles. The average molecular weight is 593 g/mol. The summed E-state index contributed by atoms with van der Waals surface area (Å²) in [5.41, 5.74) is 2.52. The van der Waals surface area contributed by atoms with E-state index in [4.69, 9.17) is 28.4 Å². The minimum atomic E-state index is -0.721. The lowest BCUT2D eigenvalue weighted by Gasteiger charge is -2.16. The van der Waals surface area contributed by atoms with E-state index in [0.717, 1.165) is 6.08 Å². The van der Waals surface area contributed by atoms with Gasteiger partial charge in [-0.2, -0.15) is 0 Å². The SMILES string of the molecule is C=CC(=O)OCCCc1ccc(-c2ccc(OCCOC(=O)C(=C)C)c(OC(=O)C(=C)COC)c2)cc1OC(=O)C(=C)C. The Morgan fingerprint density at radius 2 is 1.37 bits per heavy atom. The molecule has 0 spiro atoms. The molecule has 0 atom stereocenters. The van der Waals surface area contributed by atoms with Gasteiger partial charge in [-0.15, -0.1) is 0 Å². The Bertz CT molecular complexity index is 1400. The molecule has 228 valence electrons. The second kappa shape index (κ2) is 17.1. The highest BCUT2D eigenvalue weighted by Crippen LogP contribution is 2.35. The van der Waals surface area contributed by atoms with Gasteiger partial charge in [0.25, 0.3) is 0 Å². The van der Waals surface area contributed by atoms with Gasteiger partial charge in [-0.05, 0) is 61.6 Å². The maximum atomic E-state index is 12.6. The summed E-state index contributed by atoms with van der Waals surface area (Å²) in [5, 5.41) is 0. The lowest BCUT2D eigenvalue weighted by Crippen LogP contribution is -2.16. The summed E-state index contributed by atoms with van der Waals surface area (Å²) in [6.07, 6.45) is 2.02. The summed E-state index contributed by atoms with van der Waals surface area (Å²) in [7, 11) is 1.43. The van der Waals surface area contributed by atoms with Crippen LogP contribution in [0, 0.1) is 0 Å². The summed E-state index contributed by atoms with van der Waals surface area (Å²) in [6.45, 7) is 17.3. The van der Waals surface area contributed by atoms with Crippen LogP contribution in [0.25, 0.3) is 11.1 Å². The molecular weight excluding hydrogens is 556 g/mol. The van der Waals surface area contributed by atoms with Crippen molar-refractivity contribution in [2.75, 3.05) is 33.5 Å². The molecule has 2 rings (SSSR count). The molecule has 0 saturated carbocycles. The van der Waals surface area contributed by atoms with E-state index in [2.05, 4.69) is 26.3 Å². The Morgan fingerprint density at radius 1 is 0.744 bits per heavy atom. The van der Waals surface area contributed by atoms with E-state index in [0.29, 0.717) is 35.3 Å². The standard InChI is InChI=1S/C33H36O10/c1-8-30(34)40-15-9-10-24-11-12-25(18-28(24)42-32(36)22(4)5)26-13-14-27(39-16-17-41-31(35)21(2)3)29(19-26)43-33(37)23(6)20-38-7/h8,11-14,18-19H,1-2,4,6,9-10,15-17,20H2,3,5,7H3. The lowest BCUT2D eigenvalue weighted by molar-refractivity contribution is -0.140. The van der Waals surface area contributed by atoms with Crippen molar-refractivity contribution in [1.82, 2.24) is 0 Å². The highest BCUT2D eigenvalue weighted by atomic mass is 16.6. The zero-order valence-electron chi connectivity index (χ0n) is 24.7. The van der Waals surface area contributed by atoms with Crippen molar-refractivity contribution in [1.29, 1.82) is 0 Å². The van der Waals surface area contributed by atoms with E-state index >= 15 is 0 Å². The Balaban J connectivity index is 2.38. The molecule has 0 aromatic heterocycles. The van der Waals surface area contributed by atoms with Gasteiger partial charge in [-0.25, -0.2) is 19.2 Å². The second-order valence-electron chi connectivity index (χ2n) is 9.32. The summed E-state index contributed by atoms with van der Waals surface area (Å²) >= 11 is 0. The maximum Gasteiger partial charge on any atom is 0.341 e. The van der Waals surface area contributed by atoms with Crippen molar-refractivity contribution < 1.29 is 47.6 Å². The normalized spacial score (nSPS) is 10.2. The van der Waals surface area contributed by atoms with Crippen LogP contribution in [0.2, 0.25) is 0 Å². The summed E-state index contributed by atoms with van der Waals surface area (Å²) in [5.74, 6) is -1.79. The van der Waals surface area contributed by atoms with Crippen LogP contribution in [-0.4, -0.2) is 57.4 Å². The smallest absolute Gasteiger partial charge is 0.341 e. The number of benzene rings is 2. The highest BCUT2D eigenvalue weighted by molar-refractivity contribution is 5.91. The van der Waals surface area contributed by atoms with Crippen LogP contribution in [0.1, 0.15) is 25.8 Å². The predicted octanol–water partition coefficient (Wildman–Crippen LogP) is 5.10. The largest absolute Gasteiger partial charge is 0.486 e. The number of hydrogen-bond acceptors (Lipinski definition) is 10. The van der Waals surface area contributed by atoms with Crippen LogP contribution >= 0.6 is 0 Å². The van der Waals surface area contributed by atoms with Crippen molar-refractivity contribution in [2.45, 2.75) is 26.7 Å². The molecule has 0 unspecified atom stereocenters. The number of carbonyl (C=O) groups excluding carboxylic acids is 4. The van der Waals surface area contributed by atoms with Crippen LogP contribution in [0.3, 0.4) is 0 Å². The molecule has 0 aliphatic carbocycles. The first-order valence-electron chi connectivity index (χ1n) is 13.2. The molecule has 10 nitrogen and oxygen atoms in total. The fourth-order valence-electron chi connectivity index (χ4n) is 3.42. The Morgan fingerprint density at radius 3 is 2.00 bits per heavy atom. The molecule has 2 aromatic carbocycles. The summed E-state index contributed by atoms with van der Waals surface area (Å²) < 4.78 is 32.0. The third kappa shape index (κ3) is 11.1. The van der Waals surface area contributed by atoms with Gasteiger partial charge >= 0.3 is 23.9 Å². The van der Waals surface area contributed by atoms with E-state index < -0.39 is 23.9 Å². The molecule has 0 amide bonds. The van der Waals surface area contributed by atoms with E-state index in [1.165, 1.54) is 21.0 Å². The first kappa shape index (κ1) is 34.2. The number of carbonyl (C=O) groups is 4. The molecule has 0 heterocycles. The molecule has 0 saturated heterocycles. The van der Waals surface area contributed by atoms with Gasteiger partial charge in [-0.1, -0.05) is 44.5 Å². The number of rotatable bonds is 17. The van der Waals surface area contributed by atoms with Crippen LogP contribution in [-0.2, 0) is 39.8 Å². The number of aryl methyl sites for hydroxylation is 1. The third-order valence-corrected chi connectivity index (χ3v) is 5.63. The average Bonchev–Trinajstić information content (AvgIpc) is 2.98. The second-order valence-corrected chi connectivity index (χ2v) is 9.32. The number of methoxy groups -OCH3 is 1. The fourth-order valence-corrected chi connectivity index (χ4v) is 3.42. The maximum absolute atomic E-state index is 12.6. The van der Waals surface area contributed by atoms with Crippen molar-refractivity contribution in [3.63, 3.8) is 0 Å². The highest BCUT2D eigenvalue weighted by Gasteiger charge is 2.17. The molecule has 0 aliphatic rings. The van der Waals surface area contributed by atoms with Crippen molar-refractivity contribution in [3.05, 3.63) is 91.1 Å². The first-order chi connectivity index (χ1) is 20.5. The molecule has 0 radical (unpaired) electrons. The van der Waals surface area contributed by atoms with Crippen molar-refractivity contribution in [3.8, 4) is 28.4 Å². The van der Waals surface area contributed by atoms with Gasteiger partial charge in [0.2, 0.25) is 0 Å². The number of hydrogen-bond donors (Lipinski definition) is 0. The van der Waals surface area contributed by atoms with E-state index in [-0.39, 0.29) is 54.6 Å². The topological polar surface area (TPSA) is 124 Å². The fraction of sp³-hybridized carbons (Fsp3) is 0.273. The third-order valence-electron chi connectivity index (χ3n) is 5.63. The Hall–Kier alpha value is -4.96. The van der Waals surface area contributed by atoms with Gasteiger partial charge < -0.3 is 28.4 Å². The van der Waals surface area contributed by atoms with Gasteiger partial charge in [-0.3, -0.25) is 0 Å². The zero-order chi connectivity index (χ0) is 31.9. The minimum Gasteiger partial charge on any atom is -0.486 e.